The van der Waals surface area contributed by atoms with Gasteiger partial charge in [0.2, 0.25) is 0 Å². The van der Waals surface area contributed by atoms with Gasteiger partial charge in [0.25, 0.3) is 0 Å². The standard InChI is InChI=1S/C12H17N5S/c1-2-17-11(10-4-5-10)14-15-12(17)18-9-8-16-7-3-6-13-16/h3,6-7,10H,2,4-5,8-9H2,1H3. The molecule has 0 bridgehead atoms. The van der Waals surface area contributed by atoms with E-state index in [0.29, 0.717) is 5.92 Å². The Morgan fingerprint density at radius 3 is 2.94 bits per heavy atom. The lowest BCUT2D eigenvalue weighted by Crippen LogP contribution is -2.04. The lowest BCUT2D eigenvalue weighted by atomic mass is 10.4. The molecule has 0 saturated heterocycles. The molecule has 2 aromatic heterocycles. The predicted octanol–water partition coefficient (Wildman–Crippen LogP) is 2.16. The van der Waals surface area contributed by atoms with Crippen LogP contribution in [0.4, 0.5) is 0 Å². The Bertz CT molecular complexity index is 501. The van der Waals surface area contributed by atoms with Gasteiger partial charge >= 0.3 is 0 Å². The first-order chi connectivity index (χ1) is 8.88. The predicted molar refractivity (Wildman–Crippen MR) is 70.6 cm³/mol. The molecule has 0 amide bonds. The van der Waals surface area contributed by atoms with Crippen molar-refractivity contribution < 1.29 is 0 Å². The van der Waals surface area contributed by atoms with Gasteiger partial charge < -0.3 is 4.57 Å². The molecule has 1 aliphatic rings. The smallest absolute Gasteiger partial charge is 0.191 e. The fraction of sp³-hybridized carbons (Fsp3) is 0.583. The maximum atomic E-state index is 4.33. The number of hydrogen-bond acceptors (Lipinski definition) is 4. The fourth-order valence-corrected chi connectivity index (χ4v) is 2.95. The normalized spacial score (nSPS) is 15.2. The van der Waals surface area contributed by atoms with E-state index in [-0.39, 0.29) is 0 Å². The highest BCUT2D eigenvalue weighted by Gasteiger charge is 2.29. The Balaban J connectivity index is 1.61. The molecule has 3 rings (SSSR count). The van der Waals surface area contributed by atoms with E-state index in [1.54, 1.807) is 11.8 Å². The Morgan fingerprint density at radius 2 is 2.28 bits per heavy atom. The topological polar surface area (TPSA) is 48.5 Å². The van der Waals surface area contributed by atoms with Crippen molar-refractivity contribution in [2.45, 2.75) is 43.9 Å². The van der Waals surface area contributed by atoms with Crippen molar-refractivity contribution in [2.75, 3.05) is 5.75 Å². The van der Waals surface area contributed by atoms with Gasteiger partial charge in [0.15, 0.2) is 5.16 Å². The average molecular weight is 263 g/mol. The second kappa shape index (κ2) is 5.14. The van der Waals surface area contributed by atoms with Crippen LogP contribution < -0.4 is 0 Å². The molecular weight excluding hydrogens is 246 g/mol. The molecule has 0 atom stereocenters. The molecule has 0 radical (unpaired) electrons. The monoisotopic (exact) mass is 263 g/mol. The van der Waals surface area contributed by atoms with Gasteiger partial charge in [-0.15, -0.1) is 10.2 Å². The molecular formula is C12H17N5S. The van der Waals surface area contributed by atoms with E-state index < -0.39 is 0 Å². The van der Waals surface area contributed by atoms with Gasteiger partial charge in [0, 0.05) is 30.6 Å². The van der Waals surface area contributed by atoms with Crippen molar-refractivity contribution in [1.82, 2.24) is 24.5 Å². The maximum Gasteiger partial charge on any atom is 0.191 e. The number of aromatic nitrogens is 5. The Hall–Kier alpha value is -1.30. The van der Waals surface area contributed by atoms with Crippen LogP contribution in [-0.4, -0.2) is 30.3 Å². The molecule has 0 unspecified atom stereocenters. The van der Waals surface area contributed by atoms with Crippen molar-refractivity contribution in [3.8, 4) is 0 Å². The highest BCUT2D eigenvalue weighted by atomic mass is 32.2. The number of hydrogen-bond donors (Lipinski definition) is 0. The summed E-state index contributed by atoms with van der Waals surface area (Å²) < 4.78 is 4.20. The first kappa shape index (κ1) is 11.8. The Labute approximate surface area is 111 Å². The molecule has 2 aromatic rings. The van der Waals surface area contributed by atoms with Gasteiger partial charge in [-0.05, 0) is 25.8 Å². The minimum Gasteiger partial charge on any atom is -0.306 e. The van der Waals surface area contributed by atoms with Crippen LogP contribution in [0.15, 0.2) is 23.6 Å². The van der Waals surface area contributed by atoms with Gasteiger partial charge in [-0.3, -0.25) is 4.68 Å². The second-order valence-corrected chi connectivity index (χ2v) is 5.54. The minimum absolute atomic E-state index is 0.665. The van der Waals surface area contributed by atoms with E-state index >= 15 is 0 Å². The SMILES string of the molecule is CCn1c(SCCn2cccn2)nnc1C1CC1. The van der Waals surface area contributed by atoms with Gasteiger partial charge in [0.1, 0.15) is 5.82 Å². The molecule has 1 aliphatic carbocycles. The summed E-state index contributed by atoms with van der Waals surface area (Å²) in [5, 5.41) is 13.9. The number of nitrogens with zero attached hydrogens (tertiary/aromatic N) is 5. The quantitative estimate of drug-likeness (QED) is 0.749. The van der Waals surface area contributed by atoms with Crippen LogP contribution in [0.3, 0.4) is 0 Å². The first-order valence-corrected chi connectivity index (χ1v) is 7.40. The van der Waals surface area contributed by atoms with Crippen molar-refractivity contribution in [2.24, 2.45) is 0 Å². The summed E-state index contributed by atoms with van der Waals surface area (Å²) in [6.45, 7) is 4.03. The van der Waals surface area contributed by atoms with Crippen LogP contribution in [0.5, 0.6) is 0 Å². The van der Waals surface area contributed by atoms with Gasteiger partial charge in [-0.1, -0.05) is 11.8 Å². The third-order valence-electron chi connectivity index (χ3n) is 3.11. The van der Waals surface area contributed by atoms with Crippen LogP contribution in [0, 0.1) is 0 Å². The Morgan fingerprint density at radius 1 is 1.39 bits per heavy atom. The fourth-order valence-electron chi connectivity index (χ4n) is 2.01. The van der Waals surface area contributed by atoms with Crippen molar-refractivity contribution in [3.63, 3.8) is 0 Å². The molecule has 96 valence electrons. The lowest BCUT2D eigenvalue weighted by molar-refractivity contribution is 0.638. The third-order valence-corrected chi connectivity index (χ3v) is 4.06. The highest BCUT2D eigenvalue weighted by molar-refractivity contribution is 7.99. The summed E-state index contributed by atoms with van der Waals surface area (Å²) in [6.07, 6.45) is 6.34. The highest BCUT2D eigenvalue weighted by Crippen LogP contribution is 2.39. The number of aryl methyl sites for hydroxylation is 1. The van der Waals surface area contributed by atoms with Crippen molar-refractivity contribution in [3.05, 3.63) is 24.3 Å². The summed E-state index contributed by atoms with van der Waals surface area (Å²) in [7, 11) is 0. The molecule has 6 heteroatoms. The van der Waals surface area contributed by atoms with E-state index in [0.717, 1.165) is 24.0 Å². The summed E-state index contributed by atoms with van der Waals surface area (Å²) in [5.41, 5.74) is 0. The van der Waals surface area contributed by atoms with Gasteiger partial charge in [-0.2, -0.15) is 5.10 Å². The summed E-state index contributed by atoms with van der Waals surface area (Å²) in [4.78, 5) is 0. The van der Waals surface area contributed by atoms with E-state index in [4.69, 9.17) is 0 Å². The molecule has 1 fully saturated rings. The van der Waals surface area contributed by atoms with Gasteiger partial charge in [-0.25, -0.2) is 0 Å². The molecule has 1 saturated carbocycles. The average Bonchev–Trinajstić information content (AvgIpc) is 2.94. The zero-order valence-electron chi connectivity index (χ0n) is 10.5. The zero-order valence-corrected chi connectivity index (χ0v) is 11.3. The molecule has 0 aliphatic heterocycles. The molecule has 0 spiro atoms. The summed E-state index contributed by atoms with van der Waals surface area (Å²) in [5.74, 6) is 2.82. The molecule has 0 N–H and O–H groups in total. The molecule has 18 heavy (non-hydrogen) atoms. The van der Waals surface area contributed by atoms with Gasteiger partial charge in [0.05, 0.1) is 6.54 Å². The summed E-state index contributed by atoms with van der Waals surface area (Å²) >= 11 is 1.76. The van der Waals surface area contributed by atoms with Crippen LogP contribution >= 0.6 is 11.8 Å². The molecule has 5 nitrogen and oxygen atoms in total. The van der Waals surface area contributed by atoms with E-state index in [2.05, 4.69) is 26.8 Å². The van der Waals surface area contributed by atoms with Crippen LogP contribution in [0.25, 0.3) is 0 Å². The zero-order chi connectivity index (χ0) is 12.4. The third kappa shape index (κ3) is 2.43. The minimum atomic E-state index is 0.665. The van der Waals surface area contributed by atoms with E-state index in [9.17, 15) is 0 Å². The Kier molecular flexibility index (Phi) is 3.36. The van der Waals surface area contributed by atoms with E-state index in [1.807, 2.05) is 23.1 Å². The van der Waals surface area contributed by atoms with Crippen LogP contribution in [0.1, 0.15) is 31.5 Å². The molecule has 0 aromatic carbocycles. The summed E-state index contributed by atoms with van der Waals surface area (Å²) in [6, 6.07) is 1.95. The van der Waals surface area contributed by atoms with Crippen LogP contribution in [0.2, 0.25) is 0 Å². The molecule has 2 heterocycles. The van der Waals surface area contributed by atoms with Crippen molar-refractivity contribution in [1.29, 1.82) is 0 Å². The maximum absolute atomic E-state index is 4.33. The number of rotatable bonds is 6. The second-order valence-electron chi connectivity index (χ2n) is 4.48. The number of thioether (sulfide) groups is 1. The van der Waals surface area contributed by atoms with E-state index in [1.165, 1.54) is 18.7 Å². The first-order valence-electron chi connectivity index (χ1n) is 6.42. The van der Waals surface area contributed by atoms with Crippen LogP contribution in [-0.2, 0) is 13.1 Å². The van der Waals surface area contributed by atoms with Crippen molar-refractivity contribution >= 4 is 11.8 Å². The largest absolute Gasteiger partial charge is 0.306 e. The lowest BCUT2D eigenvalue weighted by Gasteiger charge is -2.06.